The van der Waals surface area contributed by atoms with E-state index in [-0.39, 0.29) is 0 Å². The summed E-state index contributed by atoms with van der Waals surface area (Å²) in [4.78, 5) is 0. The molecule has 6 rings (SSSR count). The topological polar surface area (TPSA) is 0 Å². The van der Waals surface area contributed by atoms with E-state index >= 15 is 0 Å². The fourth-order valence-electron chi connectivity index (χ4n) is 7.18. The average Bonchev–Trinajstić information content (AvgIpc) is 3.60. The van der Waals surface area contributed by atoms with Crippen molar-refractivity contribution in [3.8, 4) is 0 Å². The van der Waals surface area contributed by atoms with E-state index in [0.717, 1.165) is 6.42 Å². The van der Waals surface area contributed by atoms with Gasteiger partial charge in [0.05, 0.1) is 24.2 Å². The first kappa shape index (κ1) is 29.8. The van der Waals surface area contributed by atoms with Crippen LogP contribution in [0.2, 0.25) is 58.9 Å². The summed E-state index contributed by atoms with van der Waals surface area (Å²) < 4.78 is 0. The molecule has 0 fully saturated rings. The molecule has 0 bridgehead atoms. The summed E-state index contributed by atoms with van der Waals surface area (Å²) >= 11 is 0. The first-order valence-corrected chi connectivity index (χ1v) is 26.3. The summed E-state index contributed by atoms with van der Waals surface area (Å²) in [5.74, 6) is 0. The van der Waals surface area contributed by atoms with Gasteiger partial charge in [0.15, 0.2) is 0 Å². The molecule has 4 aromatic rings. The first-order valence-electron chi connectivity index (χ1n) is 15.8. The van der Waals surface area contributed by atoms with Gasteiger partial charge in [-0.25, -0.2) is 0 Å². The van der Waals surface area contributed by atoms with Gasteiger partial charge in [-0.2, -0.15) is 0 Å². The van der Waals surface area contributed by atoms with Gasteiger partial charge in [-0.1, -0.05) is 172 Å². The molecular weight excluding hydrogens is 565 g/mol. The molecule has 2 aliphatic rings. The number of allylic oxidation sites excluding steroid dienone is 4. The summed E-state index contributed by atoms with van der Waals surface area (Å²) in [5.41, 5.74) is 8.13. The van der Waals surface area contributed by atoms with Crippen LogP contribution >= 0.6 is 0 Å². The molecule has 43 heavy (non-hydrogen) atoms. The van der Waals surface area contributed by atoms with E-state index in [0.29, 0.717) is 0 Å². The molecule has 0 N–H and O–H groups in total. The normalized spacial score (nSPS) is 14.3. The maximum absolute atomic E-state index is 4.10. The molecule has 4 aromatic carbocycles. The molecule has 3 heteroatoms. The van der Waals surface area contributed by atoms with Crippen LogP contribution < -0.4 is 26.0 Å². The van der Waals surface area contributed by atoms with Gasteiger partial charge in [-0.3, -0.25) is 0 Å². The lowest BCUT2D eigenvalue weighted by Crippen LogP contribution is -2.64. The molecule has 0 atom stereocenters. The van der Waals surface area contributed by atoms with E-state index in [1.807, 2.05) is 0 Å². The zero-order chi connectivity index (χ0) is 30.7. The van der Waals surface area contributed by atoms with Crippen LogP contribution in [0.5, 0.6) is 0 Å². The molecule has 0 saturated carbocycles. The van der Waals surface area contributed by atoms with Crippen molar-refractivity contribution < 1.29 is 0 Å². The molecule has 0 aliphatic heterocycles. The van der Waals surface area contributed by atoms with E-state index in [4.69, 9.17) is 0 Å². The Labute approximate surface area is 261 Å². The molecular formula is C40H45Si3. The minimum Gasteiger partial charge on any atom is -0.0801 e. The average molecular weight is 610 g/mol. The smallest absolute Gasteiger partial charge is 0.0784 e. The fraction of sp³-hybridized carbons (Fsp3) is 0.250. The fourth-order valence-corrected chi connectivity index (χ4v) is 14.8. The predicted molar refractivity (Wildman–Crippen MR) is 197 cm³/mol. The highest BCUT2D eigenvalue weighted by atomic mass is 28.3. The number of hydrogen-bond acceptors (Lipinski definition) is 0. The van der Waals surface area contributed by atoms with Crippen molar-refractivity contribution in [2.45, 2.75) is 65.3 Å². The molecule has 0 aromatic heterocycles. The monoisotopic (exact) mass is 609 g/mol. The molecule has 0 heterocycles. The van der Waals surface area contributed by atoms with Crippen molar-refractivity contribution in [3.05, 3.63) is 140 Å². The van der Waals surface area contributed by atoms with Gasteiger partial charge in [-0.15, -0.1) is 0 Å². The maximum Gasteiger partial charge on any atom is 0.0784 e. The van der Waals surface area contributed by atoms with E-state index in [1.54, 1.807) is 15.6 Å². The van der Waals surface area contributed by atoms with Crippen LogP contribution in [0.1, 0.15) is 28.7 Å². The predicted octanol–water partition coefficient (Wildman–Crippen LogP) is 7.22. The van der Waals surface area contributed by atoms with Gasteiger partial charge in [0.1, 0.15) is 0 Å². The van der Waals surface area contributed by atoms with Crippen LogP contribution in [0.15, 0.2) is 97.1 Å². The van der Waals surface area contributed by atoms with E-state index in [1.165, 1.54) is 54.3 Å². The molecule has 1 radical (unpaired) electrons. The van der Waals surface area contributed by atoms with Crippen LogP contribution in [0, 0.1) is 10.4 Å². The number of benzene rings is 4. The van der Waals surface area contributed by atoms with Crippen molar-refractivity contribution in [1.29, 1.82) is 0 Å². The zero-order valence-electron chi connectivity index (χ0n) is 27.4. The summed E-state index contributed by atoms with van der Waals surface area (Å²) in [5, 5.41) is 10.7. The van der Waals surface area contributed by atoms with Crippen molar-refractivity contribution in [2.75, 3.05) is 0 Å². The number of fused-ring (bicyclic) bond motifs is 2. The third-order valence-corrected chi connectivity index (χ3v) is 15.1. The van der Waals surface area contributed by atoms with Gasteiger partial charge < -0.3 is 0 Å². The van der Waals surface area contributed by atoms with Crippen LogP contribution in [0.4, 0.5) is 0 Å². The lowest BCUT2D eigenvalue weighted by molar-refractivity contribution is 1.37. The minimum atomic E-state index is -1.92. The Bertz CT molecular complexity index is 1970. The molecule has 0 saturated heterocycles. The third kappa shape index (κ3) is 5.26. The quantitative estimate of drug-likeness (QED) is 0.178. The Balaban J connectivity index is 2.07. The van der Waals surface area contributed by atoms with Gasteiger partial charge in [-0.05, 0) is 66.8 Å². The zero-order valence-corrected chi connectivity index (χ0v) is 30.4. The molecule has 0 spiro atoms. The van der Waals surface area contributed by atoms with Crippen molar-refractivity contribution in [3.63, 3.8) is 0 Å². The second-order valence-electron chi connectivity index (χ2n) is 15.3. The van der Waals surface area contributed by atoms with Crippen LogP contribution in [-0.4, -0.2) is 24.2 Å². The maximum atomic E-state index is 4.10. The Morgan fingerprint density at radius 3 is 1.67 bits per heavy atom. The SMILES string of the molecule is C[Si](C)(C)c1c([Si](C)(C)C)c2c(c(C3=CC=CC3)c1=C(c1ccccc1)c1ccccc1)[C]=c1cccc([Si](C)(C)C)c1=2. The van der Waals surface area contributed by atoms with Crippen LogP contribution in [0.3, 0.4) is 0 Å². The van der Waals surface area contributed by atoms with Crippen LogP contribution in [-0.2, 0) is 0 Å². The van der Waals surface area contributed by atoms with Gasteiger partial charge in [0.2, 0.25) is 0 Å². The van der Waals surface area contributed by atoms with E-state index in [2.05, 4.69) is 162 Å². The second kappa shape index (κ2) is 10.7. The molecule has 217 valence electrons. The highest BCUT2D eigenvalue weighted by molar-refractivity contribution is 6.98. The Hall–Kier alpha value is -3.25. The molecule has 0 unspecified atom stereocenters. The Kier molecular flexibility index (Phi) is 7.44. The Morgan fingerprint density at radius 1 is 0.605 bits per heavy atom. The van der Waals surface area contributed by atoms with Crippen molar-refractivity contribution in [1.82, 2.24) is 0 Å². The van der Waals surface area contributed by atoms with Crippen molar-refractivity contribution in [2.24, 2.45) is 0 Å². The number of rotatable bonds is 6. The van der Waals surface area contributed by atoms with Crippen molar-refractivity contribution >= 4 is 57.0 Å². The van der Waals surface area contributed by atoms with Gasteiger partial charge >= 0.3 is 0 Å². The third-order valence-electron chi connectivity index (χ3n) is 8.85. The minimum absolute atomic E-state index is 0.965. The lowest BCUT2D eigenvalue weighted by Gasteiger charge is -2.33. The summed E-state index contributed by atoms with van der Waals surface area (Å²) in [6, 6.07) is 29.4. The van der Waals surface area contributed by atoms with Gasteiger partial charge in [0, 0.05) is 0 Å². The van der Waals surface area contributed by atoms with Gasteiger partial charge in [0.25, 0.3) is 0 Å². The first-order chi connectivity index (χ1) is 20.3. The lowest BCUT2D eigenvalue weighted by atomic mass is 9.88. The molecule has 0 nitrogen and oxygen atoms in total. The number of hydrogen-bond donors (Lipinski definition) is 0. The van der Waals surface area contributed by atoms with E-state index < -0.39 is 24.2 Å². The Morgan fingerprint density at radius 2 is 1.19 bits per heavy atom. The summed E-state index contributed by atoms with van der Waals surface area (Å²) in [6.45, 7) is 23.0. The molecule has 0 amide bonds. The molecule has 2 aliphatic carbocycles. The largest absolute Gasteiger partial charge is 0.0801 e. The van der Waals surface area contributed by atoms with E-state index in [9.17, 15) is 0 Å². The van der Waals surface area contributed by atoms with Crippen LogP contribution in [0.25, 0.3) is 17.2 Å². The highest BCUT2D eigenvalue weighted by Gasteiger charge is 2.36. The second-order valence-corrected chi connectivity index (χ2v) is 30.3. The summed E-state index contributed by atoms with van der Waals surface area (Å²) in [6.07, 6.45) is 12.0. The summed E-state index contributed by atoms with van der Waals surface area (Å²) in [7, 11) is -5.43. The highest BCUT2D eigenvalue weighted by Crippen LogP contribution is 2.30. The standard InChI is InChI=1S/C40H45Si3/c1-41(2,3)33-26-18-25-31-27-32-35(30-23-16-17-24-30)38(34(28-19-12-10-13-20-28)29-21-14-11-15-22-29)40(43(7,8)9)39(42(4,5)6)37(32)36(31)33/h10-23,25-26H,24H2,1-9H3.